The van der Waals surface area contributed by atoms with Crippen LogP contribution in [0, 0.1) is 0 Å². The summed E-state index contributed by atoms with van der Waals surface area (Å²) in [5.41, 5.74) is 9.45. The summed E-state index contributed by atoms with van der Waals surface area (Å²) >= 11 is 6.04. The minimum atomic E-state index is 0.0698. The van der Waals surface area contributed by atoms with Gasteiger partial charge < -0.3 is 15.6 Å². The zero-order chi connectivity index (χ0) is 13.8. The summed E-state index contributed by atoms with van der Waals surface area (Å²) in [4.78, 5) is 0. The number of hydrogen-bond donors (Lipinski definition) is 2. The molecule has 0 aromatic heterocycles. The van der Waals surface area contributed by atoms with Crippen LogP contribution in [0.1, 0.15) is 5.56 Å². The van der Waals surface area contributed by atoms with E-state index in [0.717, 1.165) is 22.4 Å². The van der Waals surface area contributed by atoms with E-state index in [2.05, 4.69) is 0 Å². The fourth-order valence-electron chi connectivity index (χ4n) is 2.08. The Morgan fingerprint density at radius 2 is 2.00 bits per heavy atom. The number of benzene rings is 2. The van der Waals surface area contributed by atoms with Crippen molar-refractivity contribution in [3.63, 3.8) is 0 Å². The van der Waals surface area contributed by atoms with Crippen LogP contribution in [0.4, 0.5) is 5.69 Å². The van der Waals surface area contributed by atoms with Crippen LogP contribution >= 0.6 is 11.6 Å². The molecular weight excluding hydrogens is 262 g/mol. The summed E-state index contributed by atoms with van der Waals surface area (Å²) in [6.07, 6.45) is 0.530. The Balaban J connectivity index is 2.58. The normalized spacial score (nSPS) is 10.5. The van der Waals surface area contributed by atoms with Crippen LogP contribution in [-0.4, -0.2) is 18.8 Å². The van der Waals surface area contributed by atoms with Crippen LogP contribution in [-0.2, 0) is 6.42 Å². The van der Waals surface area contributed by atoms with E-state index < -0.39 is 0 Å². The fraction of sp³-hybridized carbons (Fsp3) is 0.200. The van der Waals surface area contributed by atoms with Crippen LogP contribution in [0.5, 0.6) is 5.75 Å². The van der Waals surface area contributed by atoms with Gasteiger partial charge in [0.25, 0.3) is 0 Å². The standard InChI is InChI=1S/C15H16ClNO2/c1-19-14-6-5-11(16)9-13(14)12-4-2-3-10(7-8-18)15(12)17/h2-6,9,18H,7-8,17H2,1H3. The van der Waals surface area contributed by atoms with Crippen LogP contribution in [0.2, 0.25) is 5.02 Å². The minimum Gasteiger partial charge on any atom is -0.496 e. The van der Waals surface area contributed by atoms with E-state index in [1.165, 1.54) is 0 Å². The lowest BCUT2D eigenvalue weighted by atomic mass is 9.98. The number of nitrogen functional groups attached to an aromatic ring is 1. The summed E-state index contributed by atoms with van der Waals surface area (Å²) in [5.74, 6) is 0.720. The highest BCUT2D eigenvalue weighted by atomic mass is 35.5. The minimum absolute atomic E-state index is 0.0698. The Labute approximate surface area is 117 Å². The molecule has 0 bridgehead atoms. The molecule has 19 heavy (non-hydrogen) atoms. The number of aliphatic hydroxyl groups is 1. The average Bonchev–Trinajstić information content (AvgIpc) is 2.41. The molecule has 0 aliphatic heterocycles. The largest absolute Gasteiger partial charge is 0.496 e. The predicted molar refractivity (Wildman–Crippen MR) is 78.6 cm³/mol. The first-order valence-corrected chi connectivity index (χ1v) is 6.37. The Morgan fingerprint density at radius 3 is 2.68 bits per heavy atom. The number of methoxy groups -OCH3 is 1. The third-order valence-electron chi connectivity index (χ3n) is 3.03. The maximum absolute atomic E-state index is 9.05. The van der Waals surface area contributed by atoms with Gasteiger partial charge in [-0.25, -0.2) is 0 Å². The number of anilines is 1. The molecule has 0 spiro atoms. The molecule has 0 amide bonds. The number of aliphatic hydroxyl groups excluding tert-OH is 1. The van der Waals surface area contributed by atoms with E-state index in [1.54, 1.807) is 13.2 Å². The van der Waals surface area contributed by atoms with E-state index in [9.17, 15) is 0 Å². The number of ether oxygens (including phenoxy) is 1. The van der Waals surface area contributed by atoms with Crippen molar-refractivity contribution in [1.29, 1.82) is 0 Å². The van der Waals surface area contributed by atoms with Gasteiger partial charge in [0.2, 0.25) is 0 Å². The van der Waals surface area contributed by atoms with E-state index in [1.807, 2.05) is 30.3 Å². The van der Waals surface area contributed by atoms with E-state index in [4.69, 9.17) is 27.2 Å². The lowest BCUT2D eigenvalue weighted by Crippen LogP contribution is -2.00. The maximum atomic E-state index is 9.05. The summed E-state index contributed by atoms with van der Waals surface area (Å²) in [6, 6.07) is 11.2. The van der Waals surface area contributed by atoms with Crippen molar-refractivity contribution in [3.05, 3.63) is 47.0 Å². The Bertz CT molecular complexity index is 584. The second kappa shape index (κ2) is 5.95. The molecule has 0 aliphatic rings. The molecule has 2 rings (SSSR count). The molecule has 0 saturated heterocycles. The van der Waals surface area contributed by atoms with Gasteiger partial charge in [0, 0.05) is 28.4 Å². The zero-order valence-corrected chi connectivity index (χ0v) is 11.4. The van der Waals surface area contributed by atoms with Crippen molar-refractivity contribution in [2.24, 2.45) is 0 Å². The van der Waals surface area contributed by atoms with E-state index >= 15 is 0 Å². The quantitative estimate of drug-likeness (QED) is 0.844. The molecule has 0 atom stereocenters. The van der Waals surface area contributed by atoms with E-state index in [-0.39, 0.29) is 6.61 Å². The third-order valence-corrected chi connectivity index (χ3v) is 3.26. The van der Waals surface area contributed by atoms with Crippen molar-refractivity contribution >= 4 is 17.3 Å². The predicted octanol–water partition coefficient (Wildman–Crippen LogP) is 3.13. The van der Waals surface area contributed by atoms with Gasteiger partial charge in [-0.1, -0.05) is 29.8 Å². The van der Waals surface area contributed by atoms with Gasteiger partial charge in [-0.05, 0) is 30.2 Å². The fourth-order valence-corrected chi connectivity index (χ4v) is 2.25. The third kappa shape index (κ3) is 2.83. The van der Waals surface area contributed by atoms with Gasteiger partial charge in [0.1, 0.15) is 5.75 Å². The Kier molecular flexibility index (Phi) is 4.30. The van der Waals surface area contributed by atoms with Crippen LogP contribution < -0.4 is 10.5 Å². The molecule has 0 unspecified atom stereocenters. The topological polar surface area (TPSA) is 55.5 Å². The molecule has 100 valence electrons. The average molecular weight is 278 g/mol. The van der Waals surface area contributed by atoms with Gasteiger partial charge in [-0.3, -0.25) is 0 Å². The van der Waals surface area contributed by atoms with Crippen LogP contribution in [0.25, 0.3) is 11.1 Å². The van der Waals surface area contributed by atoms with Gasteiger partial charge in [-0.15, -0.1) is 0 Å². The molecule has 2 aromatic rings. The SMILES string of the molecule is COc1ccc(Cl)cc1-c1cccc(CCO)c1N. The molecule has 3 N–H and O–H groups in total. The lowest BCUT2D eigenvalue weighted by Gasteiger charge is -2.14. The number of para-hydroxylation sites is 1. The van der Waals surface area contributed by atoms with Gasteiger partial charge in [-0.2, -0.15) is 0 Å². The monoisotopic (exact) mass is 277 g/mol. The molecule has 0 fully saturated rings. The van der Waals surface area contributed by atoms with Crippen LogP contribution in [0.3, 0.4) is 0 Å². The lowest BCUT2D eigenvalue weighted by molar-refractivity contribution is 0.300. The smallest absolute Gasteiger partial charge is 0.126 e. The van der Waals surface area contributed by atoms with Gasteiger partial charge >= 0.3 is 0 Å². The molecule has 0 radical (unpaired) electrons. The molecule has 4 heteroatoms. The molecule has 3 nitrogen and oxygen atoms in total. The zero-order valence-electron chi connectivity index (χ0n) is 10.7. The number of hydrogen-bond acceptors (Lipinski definition) is 3. The highest BCUT2D eigenvalue weighted by Gasteiger charge is 2.12. The summed E-state index contributed by atoms with van der Waals surface area (Å²) in [7, 11) is 1.61. The number of nitrogens with two attached hydrogens (primary N) is 1. The summed E-state index contributed by atoms with van der Waals surface area (Å²) in [6.45, 7) is 0.0698. The van der Waals surface area contributed by atoms with Crippen molar-refractivity contribution in [1.82, 2.24) is 0 Å². The van der Waals surface area contributed by atoms with Crippen molar-refractivity contribution in [2.75, 3.05) is 19.5 Å². The first-order valence-electron chi connectivity index (χ1n) is 5.99. The first kappa shape index (κ1) is 13.7. The molecule has 2 aromatic carbocycles. The highest BCUT2D eigenvalue weighted by Crippen LogP contribution is 2.37. The van der Waals surface area contributed by atoms with Gasteiger partial charge in [0.15, 0.2) is 0 Å². The molecule has 0 aliphatic carbocycles. The van der Waals surface area contributed by atoms with E-state index in [0.29, 0.717) is 17.1 Å². The Hall–Kier alpha value is -1.71. The van der Waals surface area contributed by atoms with Gasteiger partial charge in [0.05, 0.1) is 7.11 Å². The van der Waals surface area contributed by atoms with Crippen LogP contribution in [0.15, 0.2) is 36.4 Å². The first-order chi connectivity index (χ1) is 9.17. The maximum Gasteiger partial charge on any atom is 0.126 e. The van der Waals surface area contributed by atoms with Crippen molar-refractivity contribution < 1.29 is 9.84 Å². The van der Waals surface area contributed by atoms with Crippen molar-refractivity contribution in [2.45, 2.75) is 6.42 Å². The number of rotatable bonds is 4. The summed E-state index contributed by atoms with van der Waals surface area (Å²) < 4.78 is 5.35. The second-order valence-corrected chi connectivity index (χ2v) is 4.63. The summed E-state index contributed by atoms with van der Waals surface area (Å²) in [5, 5.41) is 9.68. The highest BCUT2D eigenvalue weighted by molar-refractivity contribution is 6.31. The number of halogens is 1. The molecule has 0 saturated carbocycles. The molecule has 0 heterocycles. The second-order valence-electron chi connectivity index (χ2n) is 4.20. The Morgan fingerprint density at radius 1 is 1.21 bits per heavy atom. The molecular formula is C15H16ClNO2. The van der Waals surface area contributed by atoms with Crippen molar-refractivity contribution in [3.8, 4) is 16.9 Å².